The van der Waals surface area contributed by atoms with E-state index in [4.69, 9.17) is 0 Å². The Morgan fingerprint density at radius 2 is 1.02 bits per heavy atom. The van der Waals surface area contributed by atoms with Gasteiger partial charge in [0.05, 0.1) is 16.6 Å². The molecule has 0 amide bonds. The second-order valence-electron chi connectivity index (χ2n) is 9.98. The summed E-state index contributed by atoms with van der Waals surface area (Å²) in [5.41, 5.74) is -11.7. The molecule has 4 aromatic carbocycles. The van der Waals surface area contributed by atoms with Crippen molar-refractivity contribution in [2.45, 2.75) is 12.3 Å². The van der Waals surface area contributed by atoms with Gasteiger partial charge in [0, 0.05) is 23.1 Å². The van der Waals surface area contributed by atoms with Crippen LogP contribution < -0.4 is 10.1 Å². The second-order valence-corrected chi connectivity index (χ2v) is 9.98. The Bertz CT molecular complexity index is 2140. The van der Waals surface area contributed by atoms with Crippen LogP contribution >= 0.6 is 0 Å². The summed E-state index contributed by atoms with van der Waals surface area (Å²) in [6.07, 6.45) is -1.01. The van der Waals surface area contributed by atoms with Crippen molar-refractivity contribution in [1.29, 1.82) is 0 Å². The molecule has 48 heavy (non-hydrogen) atoms. The highest BCUT2D eigenvalue weighted by molar-refractivity contribution is 6.62. The molecule has 0 heterocycles. The van der Waals surface area contributed by atoms with Crippen LogP contribution in [0.1, 0.15) is 22.3 Å². The fourth-order valence-electron chi connectivity index (χ4n) is 5.27. The molecule has 2 nitrogen and oxygen atoms in total. The van der Waals surface area contributed by atoms with E-state index < -0.39 is 157 Å². The number of fused-ring (bicyclic) bond motifs is 4. The van der Waals surface area contributed by atoms with Gasteiger partial charge in [-0.25, -0.2) is 65.9 Å². The Kier molecular flexibility index (Phi) is 7.53. The molecule has 0 fully saturated rings. The molecule has 1 unspecified atom stereocenters. The summed E-state index contributed by atoms with van der Waals surface area (Å²) in [6.45, 7) is 0. The molecule has 2 aliphatic carbocycles. The van der Waals surface area contributed by atoms with Gasteiger partial charge in [0.25, 0.3) is 5.85 Å². The Morgan fingerprint density at radius 1 is 0.521 bits per heavy atom. The zero-order chi connectivity index (χ0) is 35.5. The van der Waals surface area contributed by atoms with Crippen molar-refractivity contribution in [2.75, 3.05) is 0 Å². The summed E-state index contributed by atoms with van der Waals surface area (Å²) >= 11 is 0. The van der Waals surface area contributed by atoms with Gasteiger partial charge >= 0.3 is 7.12 Å². The van der Waals surface area contributed by atoms with Crippen molar-refractivity contribution in [3.8, 4) is 16.9 Å². The molecule has 0 saturated carbocycles. The highest BCUT2D eigenvalue weighted by Crippen LogP contribution is 2.53. The lowest BCUT2D eigenvalue weighted by atomic mass is 9.76. The molecule has 0 saturated heterocycles. The van der Waals surface area contributed by atoms with Crippen LogP contribution in [0.4, 0.5) is 74.6 Å². The molecule has 0 bridgehead atoms. The van der Waals surface area contributed by atoms with Gasteiger partial charge in [0.1, 0.15) is 5.75 Å². The topological polar surface area (TPSA) is 18.5 Å². The van der Waals surface area contributed by atoms with Crippen LogP contribution in [0.15, 0.2) is 18.0 Å². The first-order valence-corrected chi connectivity index (χ1v) is 12.5. The molecule has 4 aromatic rings. The number of hydrogen-bond donors (Lipinski definition) is 0. The van der Waals surface area contributed by atoms with Gasteiger partial charge in [-0.05, 0) is 11.6 Å². The van der Waals surface area contributed by atoms with Gasteiger partial charge < -0.3 is 9.31 Å². The number of halogens is 17. The number of benzene rings is 4. The van der Waals surface area contributed by atoms with E-state index in [2.05, 4.69) is 9.31 Å². The maximum absolute atomic E-state index is 16.2. The Balaban J connectivity index is 1.63. The smallest absolute Gasteiger partial charge is 0.530 e. The lowest BCUT2D eigenvalue weighted by Gasteiger charge is -2.27. The molecule has 0 aromatic heterocycles. The molecule has 0 N–H and O–H groups in total. The largest absolute Gasteiger partial charge is 0.572 e. The summed E-state index contributed by atoms with van der Waals surface area (Å²) in [6, 6.07) is 1.19. The lowest BCUT2D eigenvalue weighted by molar-refractivity contribution is -0.0623. The van der Waals surface area contributed by atoms with E-state index >= 15 is 13.2 Å². The van der Waals surface area contributed by atoms with Crippen molar-refractivity contribution >= 4 is 18.4 Å². The van der Waals surface area contributed by atoms with Crippen LogP contribution in [0.2, 0.25) is 0 Å². The SMILES string of the molecule is FC1=C(F)C(F)(OB(Oc2c(F)c(F)c(F)c3c2Cc2ccc(F)c(F)c2-3)c2c(F)c(F)c(F)c(F)c2F)c2c(F)c(F)c(F)c(F)c21. The van der Waals surface area contributed by atoms with Crippen molar-refractivity contribution in [1.82, 2.24) is 0 Å². The highest BCUT2D eigenvalue weighted by Gasteiger charge is 2.58. The monoisotopic (exact) mass is 706 g/mol. The normalized spacial score (nSPS) is 16.4. The van der Waals surface area contributed by atoms with Crippen LogP contribution in [0.25, 0.3) is 17.0 Å². The third-order valence-electron chi connectivity index (χ3n) is 7.44. The maximum atomic E-state index is 16.2. The van der Waals surface area contributed by atoms with Gasteiger partial charge in [-0.3, -0.25) is 0 Å². The molecule has 20 heteroatoms. The third-order valence-corrected chi connectivity index (χ3v) is 7.44. The van der Waals surface area contributed by atoms with Gasteiger partial charge in [-0.15, -0.1) is 0 Å². The molecule has 2 aliphatic rings. The average molecular weight is 706 g/mol. The zero-order valence-electron chi connectivity index (χ0n) is 22.2. The molecule has 0 spiro atoms. The Morgan fingerprint density at radius 3 is 1.62 bits per heavy atom. The third kappa shape index (κ3) is 4.26. The van der Waals surface area contributed by atoms with Crippen molar-refractivity contribution in [2.24, 2.45) is 0 Å². The van der Waals surface area contributed by atoms with Crippen molar-refractivity contribution < 1.29 is 83.9 Å². The van der Waals surface area contributed by atoms with Gasteiger partial charge in [0.2, 0.25) is 11.6 Å². The predicted molar refractivity (Wildman–Crippen MR) is 126 cm³/mol. The summed E-state index contributed by atoms with van der Waals surface area (Å²) in [7, 11) is -3.99. The quantitative estimate of drug-likeness (QED) is 0.0792. The van der Waals surface area contributed by atoms with Crippen LogP contribution in [0.3, 0.4) is 0 Å². The first-order valence-electron chi connectivity index (χ1n) is 12.5. The van der Waals surface area contributed by atoms with E-state index in [1.807, 2.05) is 0 Å². The minimum absolute atomic E-state index is 0.454. The number of rotatable bonds is 5. The summed E-state index contributed by atoms with van der Waals surface area (Å²) in [5.74, 6) is -50.9. The van der Waals surface area contributed by atoms with Crippen LogP contribution in [-0.4, -0.2) is 7.12 Å². The van der Waals surface area contributed by atoms with E-state index in [1.165, 1.54) is 0 Å². The second kappa shape index (κ2) is 10.9. The van der Waals surface area contributed by atoms with E-state index in [9.17, 15) is 61.5 Å². The Labute approximate surface area is 253 Å². The van der Waals surface area contributed by atoms with E-state index in [1.54, 1.807) is 0 Å². The average Bonchev–Trinajstić information content (AvgIpc) is 3.53. The fourth-order valence-corrected chi connectivity index (χ4v) is 5.27. The summed E-state index contributed by atoms with van der Waals surface area (Å²) < 4.78 is 257. The molecule has 1 atom stereocenters. The van der Waals surface area contributed by atoms with Crippen LogP contribution in [0, 0.1) is 81.4 Å². The van der Waals surface area contributed by atoms with Crippen LogP contribution in [-0.2, 0) is 16.9 Å². The van der Waals surface area contributed by atoms with E-state index in [0.29, 0.717) is 6.07 Å². The minimum Gasteiger partial charge on any atom is -0.530 e. The zero-order valence-corrected chi connectivity index (χ0v) is 22.2. The van der Waals surface area contributed by atoms with Crippen molar-refractivity contribution in [3.05, 3.63) is 122 Å². The van der Waals surface area contributed by atoms with E-state index in [-0.39, 0.29) is 0 Å². The molecule has 6 rings (SSSR count). The standard InChI is InChI=1S/C28H4BF17O2/c30-6-2-1-4-3-5-8(7(4)12(6)31)13(32)20(39)25(44)26(5)47-29(11-17(36)22(41)24(43)23(42)18(11)37)48-28(46)10-9(15(34)27(28)45)14(33)19(38)21(40)16(10)35/h1-2H,3H2. The predicted octanol–water partition coefficient (Wildman–Crippen LogP) is 8.44. The van der Waals surface area contributed by atoms with Gasteiger partial charge in [-0.2, -0.15) is 8.78 Å². The first-order chi connectivity index (χ1) is 22.4. The highest BCUT2D eigenvalue weighted by atomic mass is 19.2. The molecule has 0 aliphatic heterocycles. The number of alkyl halides is 1. The van der Waals surface area contributed by atoms with E-state index in [0.717, 1.165) is 6.07 Å². The van der Waals surface area contributed by atoms with Crippen molar-refractivity contribution in [3.63, 3.8) is 0 Å². The molecule has 250 valence electrons. The first kappa shape index (κ1) is 33.2. The molecule has 0 radical (unpaired) electrons. The fraction of sp³-hybridized carbons (Fsp3) is 0.0714. The molecular formula is C28H4BF17O2. The minimum atomic E-state index is -5.29. The van der Waals surface area contributed by atoms with Gasteiger partial charge in [0.15, 0.2) is 81.5 Å². The van der Waals surface area contributed by atoms with Gasteiger partial charge in [-0.1, -0.05) is 6.07 Å². The summed E-state index contributed by atoms with van der Waals surface area (Å²) in [4.78, 5) is 0. The maximum Gasteiger partial charge on any atom is 0.572 e. The summed E-state index contributed by atoms with van der Waals surface area (Å²) in [5, 5.41) is 0. The Hall–Kier alpha value is -4.75. The number of hydrogen-bond acceptors (Lipinski definition) is 2. The van der Waals surface area contributed by atoms with Crippen LogP contribution in [0.5, 0.6) is 5.75 Å². The lowest BCUT2D eigenvalue weighted by Crippen LogP contribution is -2.50. The molecular weight excluding hydrogens is 702 g/mol.